The lowest BCUT2D eigenvalue weighted by atomic mass is 9.70. The summed E-state index contributed by atoms with van der Waals surface area (Å²) in [6, 6.07) is 16.9. The highest BCUT2D eigenvalue weighted by molar-refractivity contribution is 9.10. The van der Waals surface area contributed by atoms with Crippen molar-refractivity contribution in [1.82, 2.24) is 0 Å². The van der Waals surface area contributed by atoms with Crippen LogP contribution in [-0.2, 0) is 34.1 Å². The third kappa shape index (κ3) is 3.23. The predicted octanol–water partition coefficient (Wildman–Crippen LogP) is 3.76. The van der Waals surface area contributed by atoms with Crippen LogP contribution in [0.1, 0.15) is 23.5 Å². The summed E-state index contributed by atoms with van der Waals surface area (Å²) in [5.41, 5.74) is -1.53. The number of hydrogen-bond acceptors (Lipinski definition) is 7. The molecular weight excluding hydrogens is 516 g/mol. The molecule has 1 saturated carbocycles. The lowest BCUT2D eigenvalue weighted by Gasteiger charge is -2.40. The highest BCUT2D eigenvalue weighted by Gasteiger charge is 2.75. The maximum absolute atomic E-state index is 13.2. The smallest absolute Gasteiger partial charge is 0.309 e. The molecule has 3 aliphatic rings. The van der Waals surface area contributed by atoms with Gasteiger partial charge in [-0.3, -0.25) is 9.59 Å². The van der Waals surface area contributed by atoms with Gasteiger partial charge in [0.05, 0.1) is 25.7 Å². The molecule has 1 saturated heterocycles. The van der Waals surface area contributed by atoms with E-state index in [1.807, 2.05) is 54.6 Å². The highest BCUT2D eigenvalue weighted by Crippen LogP contribution is 2.69. The first-order valence-electron chi connectivity index (χ1n) is 11.2. The van der Waals surface area contributed by atoms with Crippen molar-refractivity contribution >= 4 is 27.7 Å². The van der Waals surface area contributed by atoms with Crippen molar-refractivity contribution in [2.24, 2.45) is 5.92 Å². The molecule has 5 rings (SSSR count). The molecule has 1 N–H and O–H groups in total. The second-order valence-corrected chi connectivity index (χ2v) is 9.80. The van der Waals surface area contributed by atoms with Gasteiger partial charge in [0.15, 0.2) is 11.4 Å². The van der Waals surface area contributed by atoms with Crippen LogP contribution in [0.2, 0.25) is 0 Å². The van der Waals surface area contributed by atoms with Crippen LogP contribution in [0.3, 0.4) is 0 Å². The third-order valence-electron chi connectivity index (χ3n) is 7.31. The van der Waals surface area contributed by atoms with Crippen molar-refractivity contribution in [3.8, 4) is 0 Å². The van der Waals surface area contributed by atoms with Gasteiger partial charge in [-0.15, -0.1) is 0 Å². The molecule has 35 heavy (non-hydrogen) atoms. The van der Waals surface area contributed by atoms with Crippen LogP contribution in [0.25, 0.3) is 0 Å². The molecule has 2 aromatic carbocycles. The molecule has 2 aromatic rings. The van der Waals surface area contributed by atoms with Crippen LogP contribution < -0.4 is 0 Å². The number of fused-ring (bicyclic) bond motifs is 3. The Kier molecular flexibility index (Phi) is 5.86. The van der Waals surface area contributed by atoms with E-state index in [9.17, 15) is 14.7 Å². The number of hydrogen-bond donors (Lipinski definition) is 1. The first kappa shape index (κ1) is 23.8. The van der Waals surface area contributed by atoms with E-state index in [1.165, 1.54) is 21.3 Å². The Morgan fingerprint density at radius 3 is 2.37 bits per heavy atom. The Morgan fingerprint density at radius 2 is 1.77 bits per heavy atom. The Hall–Kier alpha value is -2.94. The molecule has 5 atom stereocenters. The molecule has 0 radical (unpaired) electrons. The van der Waals surface area contributed by atoms with E-state index in [-0.39, 0.29) is 17.8 Å². The van der Waals surface area contributed by atoms with Crippen molar-refractivity contribution in [3.63, 3.8) is 0 Å². The standard InChI is InChI=1S/C27H25BrO7/c1-32-20-13-19-22(24(33-2)23(20)29)26(31)14-18(25(30)34-3)21(15-7-5-4-6-8-15)27(26,35-19)16-9-11-17(28)12-10-16/h4-13,18,20-21,31H,14H2,1-3H3. The summed E-state index contributed by atoms with van der Waals surface area (Å²) in [5, 5.41) is 12.6. The molecule has 1 heterocycles. The lowest BCUT2D eigenvalue weighted by molar-refractivity contribution is -0.147. The lowest BCUT2D eigenvalue weighted by Crippen LogP contribution is -2.48. The van der Waals surface area contributed by atoms with E-state index >= 15 is 0 Å². The number of Topliss-reactive ketones (excluding diaryl/α,β-unsaturated/α-hetero) is 1. The van der Waals surface area contributed by atoms with E-state index in [0.717, 1.165) is 10.0 Å². The molecule has 7 nitrogen and oxygen atoms in total. The van der Waals surface area contributed by atoms with Crippen LogP contribution in [0.5, 0.6) is 0 Å². The van der Waals surface area contributed by atoms with Crippen LogP contribution in [0.15, 0.2) is 82.2 Å². The van der Waals surface area contributed by atoms with E-state index < -0.39 is 40.9 Å². The topological polar surface area (TPSA) is 91.3 Å². The number of halogens is 1. The normalized spacial score (nSPS) is 31.4. The van der Waals surface area contributed by atoms with Crippen LogP contribution in [0.4, 0.5) is 0 Å². The molecule has 8 heteroatoms. The van der Waals surface area contributed by atoms with E-state index in [4.69, 9.17) is 18.9 Å². The van der Waals surface area contributed by atoms with Gasteiger partial charge in [-0.2, -0.15) is 0 Å². The number of methoxy groups -OCH3 is 3. The van der Waals surface area contributed by atoms with Crippen LogP contribution in [0, 0.1) is 5.92 Å². The summed E-state index contributed by atoms with van der Waals surface area (Å²) in [6.07, 6.45) is 0.617. The number of esters is 1. The molecule has 182 valence electrons. The number of rotatable bonds is 5. The molecule has 2 aliphatic carbocycles. The zero-order valence-corrected chi connectivity index (χ0v) is 21.1. The number of benzene rings is 2. The average Bonchev–Trinajstić information content (AvgIpc) is 3.28. The van der Waals surface area contributed by atoms with Crippen molar-refractivity contribution in [1.29, 1.82) is 0 Å². The predicted molar refractivity (Wildman–Crippen MR) is 129 cm³/mol. The van der Waals surface area contributed by atoms with Crippen molar-refractivity contribution < 1.29 is 33.6 Å². The van der Waals surface area contributed by atoms with Crippen molar-refractivity contribution in [3.05, 3.63) is 93.4 Å². The Morgan fingerprint density at radius 1 is 1.09 bits per heavy atom. The van der Waals surface area contributed by atoms with Gasteiger partial charge < -0.3 is 24.1 Å². The monoisotopic (exact) mass is 540 g/mol. The van der Waals surface area contributed by atoms with Crippen molar-refractivity contribution in [2.75, 3.05) is 21.3 Å². The molecule has 0 spiro atoms. The molecule has 0 aromatic heterocycles. The number of ketones is 1. The van der Waals surface area contributed by atoms with Crippen LogP contribution >= 0.6 is 15.9 Å². The van der Waals surface area contributed by atoms with E-state index in [2.05, 4.69) is 15.9 Å². The number of ether oxygens (including phenoxy) is 4. The van der Waals surface area contributed by atoms with Gasteiger partial charge in [0.2, 0.25) is 5.78 Å². The highest BCUT2D eigenvalue weighted by atomic mass is 79.9. The Bertz CT molecular complexity index is 1240. The summed E-state index contributed by atoms with van der Waals surface area (Å²) >= 11 is 3.47. The Balaban J connectivity index is 1.86. The average molecular weight is 541 g/mol. The molecule has 1 aliphatic heterocycles. The number of carbonyl (C=O) groups excluding carboxylic acids is 2. The minimum atomic E-state index is -1.77. The second kappa shape index (κ2) is 8.62. The second-order valence-electron chi connectivity index (χ2n) is 8.89. The Labute approximate surface area is 211 Å². The summed E-state index contributed by atoms with van der Waals surface area (Å²) in [7, 11) is 4.13. The summed E-state index contributed by atoms with van der Waals surface area (Å²) in [6.45, 7) is 0. The zero-order chi connectivity index (χ0) is 25.0. The SMILES string of the molecule is COC(=O)C1CC2(O)C3=C(OC)C(=O)C(OC)C=C3OC2(c2ccc(Br)cc2)C1c1ccccc1. The summed E-state index contributed by atoms with van der Waals surface area (Å²) in [4.78, 5) is 26.3. The van der Waals surface area contributed by atoms with Crippen LogP contribution in [-0.4, -0.2) is 49.9 Å². The molecule has 0 bridgehead atoms. The molecule has 2 fully saturated rings. The van der Waals surface area contributed by atoms with Gasteiger partial charge in [-0.1, -0.05) is 58.4 Å². The van der Waals surface area contributed by atoms with Crippen molar-refractivity contribution in [2.45, 2.75) is 29.6 Å². The summed E-state index contributed by atoms with van der Waals surface area (Å²) < 4.78 is 23.6. The maximum Gasteiger partial charge on any atom is 0.309 e. The molecule has 5 unspecified atom stereocenters. The largest absolute Gasteiger partial charge is 0.492 e. The van der Waals surface area contributed by atoms with Gasteiger partial charge in [-0.25, -0.2) is 0 Å². The third-order valence-corrected chi connectivity index (χ3v) is 7.84. The minimum Gasteiger partial charge on any atom is -0.492 e. The van der Waals surface area contributed by atoms with E-state index in [1.54, 1.807) is 6.08 Å². The fourth-order valence-electron chi connectivity index (χ4n) is 5.93. The van der Waals surface area contributed by atoms with Gasteiger partial charge in [-0.05, 0) is 35.8 Å². The van der Waals surface area contributed by atoms with Gasteiger partial charge >= 0.3 is 5.97 Å². The zero-order valence-electron chi connectivity index (χ0n) is 19.5. The van der Waals surface area contributed by atoms with Gasteiger partial charge in [0, 0.05) is 17.5 Å². The fraction of sp³-hybridized carbons (Fsp3) is 0.333. The maximum atomic E-state index is 13.2. The van der Waals surface area contributed by atoms with Gasteiger partial charge in [0.25, 0.3) is 0 Å². The van der Waals surface area contributed by atoms with E-state index in [0.29, 0.717) is 11.3 Å². The number of aliphatic hydroxyl groups is 1. The van der Waals surface area contributed by atoms with Gasteiger partial charge in [0.1, 0.15) is 17.5 Å². The quantitative estimate of drug-likeness (QED) is 0.577. The minimum absolute atomic E-state index is 0.0280. The molecule has 0 amide bonds. The molecular formula is C27H25BrO7. The first-order chi connectivity index (χ1) is 16.8. The first-order valence-corrected chi connectivity index (χ1v) is 12.0. The summed E-state index contributed by atoms with van der Waals surface area (Å²) in [5.74, 6) is -2.00. The number of carbonyl (C=O) groups is 2. The fourth-order valence-corrected chi connectivity index (χ4v) is 6.19.